The van der Waals surface area contributed by atoms with Crippen LogP contribution in [0.2, 0.25) is 0 Å². The van der Waals surface area contributed by atoms with Gasteiger partial charge in [-0.1, -0.05) is 11.6 Å². The highest BCUT2D eigenvalue weighted by atomic mass is 35.5. The van der Waals surface area contributed by atoms with Crippen LogP contribution in [0.4, 0.5) is 0 Å². The number of aromatic nitrogens is 2. The predicted molar refractivity (Wildman–Crippen MR) is 72.4 cm³/mol. The summed E-state index contributed by atoms with van der Waals surface area (Å²) in [6.45, 7) is 0.794. The van der Waals surface area contributed by atoms with E-state index in [0.717, 1.165) is 50.0 Å². The summed E-state index contributed by atoms with van der Waals surface area (Å²) in [5.74, 6) is 0. The van der Waals surface area contributed by atoms with E-state index in [1.807, 2.05) is 10.9 Å². The van der Waals surface area contributed by atoms with E-state index in [0.29, 0.717) is 10.6 Å². The Bertz CT molecular complexity index is 550. The second-order valence-corrected chi connectivity index (χ2v) is 5.43. The van der Waals surface area contributed by atoms with Gasteiger partial charge in [0.15, 0.2) is 0 Å². The largest absolute Gasteiger partial charge is 0.357 e. The lowest BCUT2D eigenvalue weighted by Gasteiger charge is -2.22. The van der Waals surface area contributed by atoms with Crippen LogP contribution in [0, 0.1) is 11.3 Å². The molecular formula is C14H16ClN3O. The molecule has 0 bridgehead atoms. The Morgan fingerprint density at radius 1 is 1.37 bits per heavy atom. The molecule has 0 amide bonds. The van der Waals surface area contributed by atoms with Gasteiger partial charge in [0.1, 0.15) is 6.23 Å². The molecule has 1 aromatic rings. The van der Waals surface area contributed by atoms with E-state index < -0.39 is 0 Å². The third-order valence-electron chi connectivity index (χ3n) is 3.74. The fourth-order valence-electron chi connectivity index (χ4n) is 2.69. The monoisotopic (exact) mass is 277 g/mol. The summed E-state index contributed by atoms with van der Waals surface area (Å²) in [5, 5.41) is 14.3. The summed E-state index contributed by atoms with van der Waals surface area (Å²) in [7, 11) is 0. The van der Waals surface area contributed by atoms with Crippen molar-refractivity contribution in [1.29, 1.82) is 5.26 Å². The van der Waals surface area contributed by atoms with Crippen molar-refractivity contribution < 1.29 is 4.74 Å². The van der Waals surface area contributed by atoms with Crippen molar-refractivity contribution in [3.05, 3.63) is 23.0 Å². The maximum absolute atomic E-state index is 9.12. The zero-order valence-corrected chi connectivity index (χ0v) is 11.5. The number of nitriles is 1. The van der Waals surface area contributed by atoms with Gasteiger partial charge in [0.2, 0.25) is 0 Å². The molecule has 4 nitrogen and oxygen atoms in total. The number of fused-ring (bicyclic) bond motifs is 1. The average molecular weight is 278 g/mol. The topological polar surface area (TPSA) is 50.8 Å². The number of rotatable bonds is 1. The van der Waals surface area contributed by atoms with Gasteiger partial charge in [-0.15, -0.1) is 0 Å². The Hall–Kier alpha value is -1.31. The third-order valence-corrected chi connectivity index (χ3v) is 4.17. The van der Waals surface area contributed by atoms with Crippen LogP contribution in [0.5, 0.6) is 0 Å². The Kier molecular flexibility index (Phi) is 3.58. The number of halogens is 1. The lowest BCUT2D eigenvalue weighted by Crippen LogP contribution is -2.18. The van der Waals surface area contributed by atoms with Crippen LogP contribution in [0.25, 0.3) is 5.03 Å². The van der Waals surface area contributed by atoms with Crippen LogP contribution < -0.4 is 0 Å². The molecule has 1 unspecified atom stereocenters. The second-order valence-electron chi connectivity index (χ2n) is 5.05. The van der Waals surface area contributed by atoms with Crippen LogP contribution in [0.15, 0.2) is 11.8 Å². The number of hydrogen-bond donors (Lipinski definition) is 0. The van der Waals surface area contributed by atoms with Crippen LogP contribution in [-0.4, -0.2) is 16.4 Å². The fraction of sp³-hybridized carbons (Fsp3) is 0.571. The SMILES string of the molecule is N#CC1=C(Cl)c2cn(C3CCCCO3)nc2CCC1. The number of allylic oxidation sites excluding steroid dienone is 1. The van der Waals surface area contributed by atoms with Gasteiger partial charge < -0.3 is 4.74 Å². The van der Waals surface area contributed by atoms with Gasteiger partial charge in [-0.2, -0.15) is 10.4 Å². The normalized spacial score (nSPS) is 23.7. The highest BCUT2D eigenvalue weighted by molar-refractivity contribution is 6.49. The van der Waals surface area contributed by atoms with E-state index in [-0.39, 0.29) is 6.23 Å². The van der Waals surface area contributed by atoms with E-state index in [1.165, 1.54) is 6.42 Å². The number of aryl methyl sites for hydroxylation is 1. The molecule has 0 spiro atoms. The van der Waals surface area contributed by atoms with E-state index in [2.05, 4.69) is 11.2 Å². The first-order valence-electron chi connectivity index (χ1n) is 6.78. The van der Waals surface area contributed by atoms with Gasteiger partial charge >= 0.3 is 0 Å². The summed E-state index contributed by atoms with van der Waals surface area (Å²) < 4.78 is 7.62. The van der Waals surface area contributed by atoms with Crippen molar-refractivity contribution in [2.24, 2.45) is 0 Å². The standard InChI is InChI=1S/C14H16ClN3O/c15-14-10(8-16)4-3-5-12-11(14)9-18(17-12)13-6-1-2-7-19-13/h9,13H,1-7H2. The van der Waals surface area contributed by atoms with Crippen molar-refractivity contribution in [3.63, 3.8) is 0 Å². The van der Waals surface area contributed by atoms with Crippen LogP contribution in [0.3, 0.4) is 0 Å². The fourth-order valence-corrected chi connectivity index (χ4v) is 2.98. The molecule has 5 heteroatoms. The third kappa shape index (κ3) is 2.41. The average Bonchev–Trinajstić information content (AvgIpc) is 2.82. The number of hydrogen-bond acceptors (Lipinski definition) is 3. The molecule has 1 atom stereocenters. The van der Waals surface area contributed by atoms with E-state index in [4.69, 9.17) is 21.6 Å². The Labute approximate surface area is 117 Å². The number of ether oxygens (including phenoxy) is 1. The molecule has 0 radical (unpaired) electrons. The van der Waals surface area contributed by atoms with Gasteiger partial charge in [-0.05, 0) is 38.5 Å². The molecule has 2 aliphatic rings. The summed E-state index contributed by atoms with van der Waals surface area (Å²) >= 11 is 6.33. The predicted octanol–water partition coefficient (Wildman–Crippen LogP) is 3.39. The number of nitrogens with zero attached hydrogens (tertiary/aromatic N) is 3. The van der Waals surface area contributed by atoms with Crippen molar-refractivity contribution in [2.75, 3.05) is 6.61 Å². The molecule has 3 rings (SSSR count). The van der Waals surface area contributed by atoms with Gasteiger partial charge in [0, 0.05) is 23.9 Å². The van der Waals surface area contributed by atoms with Gasteiger partial charge in [0.25, 0.3) is 0 Å². The molecule has 1 fully saturated rings. The molecule has 0 aromatic carbocycles. The lowest BCUT2D eigenvalue weighted by molar-refractivity contribution is -0.0396. The van der Waals surface area contributed by atoms with Gasteiger partial charge in [0.05, 0.1) is 16.8 Å². The Morgan fingerprint density at radius 3 is 3.00 bits per heavy atom. The maximum atomic E-state index is 9.12. The van der Waals surface area contributed by atoms with E-state index in [1.54, 1.807) is 0 Å². The molecule has 1 aromatic heterocycles. The zero-order valence-electron chi connectivity index (χ0n) is 10.7. The molecule has 19 heavy (non-hydrogen) atoms. The van der Waals surface area contributed by atoms with E-state index >= 15 is 0 Å². The minimum Gasteiger partial charge on any atom is -0.357 e. The summed E-state index contributed by atoms with van der Waals surface area (Å²) in [6, 6.07) is 2.20. The van der Waals surface area contributed by atoms with Gasteiger partial charge in [-0.25, -0.2) is 4.68 Å². The van der Waals surface area contributed by atoms with Crippen LogP contribution in [-0.2, 0) is 11.2 Å². The molecule has 1 saturated heterocycles. The van der Waals surface area contributed by atoms with Crippen molar-refractivity contribution >= 4 is 16.6 Å². The molecule has 0 N–H and O–H groups in total. The van der Waals surface area contributed by atoms with Crippen molar-refractivity contribution in [2.45, 2.75) is 44.8 Å². The molecular weight excluding hydrogens is 262 g/mol. The first-order chi connectivity index (χ1) is 9.29. The van der Waals surface area contributed by atoms with E-state index in [9.17, 15) is 0 Å². The quantitative estimate of drug-likeness (QED) is 0.790. The second kappa shape index (κ2) is 5.36. The smallest absolute Gasteiger partial charge is 0.150 e. The van der Waals surface area contributed by atoms with Crippen molar-refractivity contribution in [1.82, 2.24) is 9.78 Å². The maximum Gasteiger partial charge on any atom is 0.150 e. The van der Waals surface area contributed by atoms with Crippen molar-refractivity contribution in [3.8, 4) is 6.07 Å². The summed E-state index contributed by atoms with van der Waals surface area (Å²) in [6.07, 6.45) is 7.79. The van der Waals surface area contributed by atoms with Crippen LogP contribution in [0.1, 0.15) is 49.6 Å². The minimum absolute atomic E-state index is 0.0238. The molecule has 0 saturated carbocycles. The van der Waals surface area contributed by atoms with Crippen LogP contribution >= 0.6 is 11.6 Å². The van der Waals surface area contributed by atoms with Gasteiger partial charge in [-0.3, -0.25) is 0 Å². The molecule has 1 aliphatic heterocycles. The Morgan fingerprint density at radius 2 is 2.26 bits per heavy atom. The highest BCUT2D eigenvalue weighted by Crippen LogP contribution is 2.33. The molecule has 100 valence electrons. The minimum atomic E-state index is 0.0238. The first-order valence-corrected chi connectivity index (χ1v) is 7.16. The summed E-state index contributed by atoms with van der Waals surface area (Å²) in [5.41, 5.74) is 2.57. The molecule has 1 aliphatic carbocycles. The summed E-state index contributed by atoms with van der Waals surface area (Å²) in [4.78, 5) is 0. The molecule has 2 heterocycles. The lowest BCUT2D eigenvalue weighted by atomic mass is 10.1. The zero-order chi connectivity index (χ0) is 13.2. The first kappa shape index (κ1) is 12.7. The highest BCUT2D eigenvalue weighted by Gasteiger charge is 2.23. The Balaban J connectivity index is 1.96.